The molecule has 2 aromatic rings. The highest BCUT2D eigenvalue weighted by atomic mass is 35.5. The Labute approximate surface area is 142 Å². The van der Waals surface area contributed by atoms with Crippen LogP contribution in [0.1, 0.15) is 12.0 Å². The first kappa shape index (κ1) is 16.3. The minimum Gasteiger partial charge on any atom is -0.481 e. The van der Waals surface area contributed by atoms with Gasteiger partial charge in [-0.25, -0.2) is 9.18 Å². The summed E-state index contributed by atoms with van der Waals surface area (Å²) < 4.78 is 14.0. The molecule has 2 aromatic carbocycles. The average molecular weight is 349 g/mol. The van der Waals surface area contributed by atoms with Crippen LogP contribution in [0, 0.1) is 5.82 Å². The molecule has 1 aliphatic rings. The van der Waals surface area contributed by atoms with Gasteiger partial charge in [0.15, 0.2) is 0 Å². The number of aliphatic carboxylic acids is 1. The number of hydrogen-bond acceptors (Lipinski definition) is 2. The lowest BCUT2D eigenvalue weighted by atomic mass is 9.87. The van der Waals surface area contributed by atoms with Crippen LogP contribution in [0.4, 0.5) is 9.18 Å². The fourth-order valence-corrected chi connectivity index (χ4v) is 3.19. The maximum absolute atomic E-state index is 14.0. The highest BCUT2D eigenvalue weighted by molar-refractivity contribution is 6.31. The first-order chi connectivity index (χ1) is 11.4. The fraction of sp³-hybridized carbons (Fsp3) is 0.176. The average Bonchev–Trinajstić information content (AvgIpc) is 3.24. The molecule has 0 bridgehead atoms. The monoisotopic (exact) mass is 348 g/mol. The van der Waals surface area contributed by atoms with Gasteiger partial charge in [-0.15, -0.1) is 0 Å². The summed E-state index contributed by atoms with van der Waals surface area (Å²) in [5, 5.41) is 12.0. The van der Waals surface area contributed by atoms with E-state index in [-0.39, 0.29) is 11.4 Å². The number of carboxylic acid groups (broad SMARTS) is 1. The van der Waals surface area contributed by atoms with E-state index in [0.717, 1.165) is 0 Å². The van der Waals surface area contributed by atoms with Gasteiger partial charge in [0.2, 0.25) is 0 Å². The van der Waals surface area contributed by atoms with Gasteiger partial charge >= 0.3 is 12.0 Å². The van der Waals surface area contributed by atoms with E-state index in [0.29, 0.717) is 16.7 Å². The van der Waals surface area contributed by atoms with Crippen LogP contribution in [0.25, 0.3) is 11.1 Å². The topological polar surface area (TPSA) is 92.4 Å². The zero-order valence-corrected chi connectivity index (χ0v) is 13.2. The molecule has 0 aromatic heterocycles. The molecule has 24 heavy (non-hydrogen) atoms. The van der Waals surface area contributed by atoms with Crippen molar-refractivity contribution in [1.29, 1.82) is 0 Å². The number of urea groups is 1. The Hall–Kier alpha value is -2.60. The predicted molar refractivity (Wildman–Crippen MR) is 87.3 cm³/mol. The van der Waals surface area contributed by atoms with Crippen LogP contribution in [0.3, 0.4) is 0 Å². The van der Waals surface area contributed by atoms with E-state index < -0.39 is 29.3 Å². The molecule has 1 fully saturated rings. The molecule has 0 saturated heterocycles. The molecule has 1 aliphatic carbocycles. The van der Waals surface area contributed by atoms with Gasteiger partial charge in [-0.05, 0) is 35.2 Å². The maximum atomic E-state index is 14.0. The summed E-state index contributed by atoms with van der Waals surface area (Å²) in [6.45, 7) is 0. The second-order valence-corrected chi connectivity index (χ2v) is 6.13. The number of halogens is 2. The normalized spacial score (nSPS) is 22.0. The van der Waals surface area contributed by atoms with E-state index in [2.05, 4.69) is 5.32 Å². The lowest BCUT2D eigenvalue weighted by Gasteiger charge is -2.19. The second-order valence-electron chi connectivity index (χ2n) is 5.72. The summed E-state index contributed by atoms with van der Waals surface area (Å²) in [4.78, 5) is 23.0. The number of amides is 2. The minimum absolute atomic E-state index is 0.160. The lowest BCUT2D eigenvalue weighted by Crippen LogP contribution is -2.38. The highest BCUT2D eigenvalue weighted by Gasteiger charge is 2.63. The van der Waals surface area contributed by atoms with Crippen molar-refractivity contribution in [3.05, 3.63) is 58.9 Å². The van der Waals surface area contributed by atoms with Crippen molar-refractivity contribution < 1.29 is 19.1 Å². The van der Waals surface area contributed by atoms with Crippen LogP contribution >= 0.6 is 11.6 Å². The van der Waals surface area contributed by atoms with Gasteiger partial charge in [-0.3, -0.25) is 4.79 Å². The van der Waals surface area contributed by atoms with Crippen molar-refractivity contribution >= 4 is 23.6 Å². The molecule has 2 unspecified atom stereocenters. The third kappa shape index (κ3) is 2.59. The lowest BCUT2D eigenvalue weighted by molar-refractivity contribution is -0.140. The molecule has 0 heterocycles. The molecule has 2 amide bonds. The SMILES string of the molecule is NC(=O)NC1CC1(C(=O)O)c1cc(Cl)c(F)cc1-c1ccccc1. The van der Waals surface area contributed by atoms with E-state index in [1.165, 1.54) is 12.1 Å². The van der Waals surface area contributed by atoms with Crippen molar-refractivity contribution in [2.24, 2.45) is 5.73 Å². The molecular weight excluding hydrogens is 335 g/mol. The van der Waals surface area contributed by atoms with E-state index in [1.54, 1.807) is 30.3 Å². The summed E-state index contributed by atoms with van der Waals surface area (Å²) in [6.07, 6.45) is 0.160. The van der Waals surface area contributed by atoms with E-state index in [4.69, 9.17) is 17.3 Å². The fourth-order valence-electron chi connectivity index (χ4n) is 3.03. The van der Waals surface area contributed by atoms with E-state index in [9.17, 15) is 19.1 Å². The Balaban J connectivity index is 2.18. The smallest absolute Gasteiger partial charge is 0.316 e. The Morgan fingerprint density at radius 3 is 2.54 bits per heavy atom. The second kappa shape index (κ2) is 5.79. The molecule has 1 saturated carbocycles. The number of rotatable bonds is 4. The van der Waals surface area contributed by atoms with Gasteiger partial charge in [0.1, 0.15) is 11.2 Å². The van der Waals surface area contributed by atoms with Crippen LogP contribution in [-0.2, 0) is 10.2 Å². The number of carboxylic acids is 1. The highest BCUT2D eigenvalue weighted by Crippen LogP contribution is 2.52. The van der Waals surface area contributed by atoms with Crippen LogP contribution in [0.5, 0.6) is 0 Å². The molecule has 0 radical (unpaired) electrons. The quantitative estimate of drug-likeness (QED) is 0.793. The minimum atomic E-state index is -1.38. The van der Waals surface area contributed by atoms with Gasteiger partial charge in [-0.1, -0.05) is 41.9 Å². The van der Waals surface area contributed by atoms with Gasteiger partial charge in [0.05, 0.1) is 11.1 Å². The first-order valence-electron chi connectivity index (χ1n) is 7.20. The molecule has 0 spiro atoms. The molecular formula is C17H14ClFN2O3. The van der Waals surface area contributed by atoms with Crippen molar-refractivity contribution in [2.45, 2.75) is 17.9 Å². The van der Waals surface area contributed by atoms with Crippen molar-refractivity contribution in [2.75, 3.05) is 0 Å². The van der Waals surface area contributed by atoms with Gasteiger partial charge in [-0.2, -0.15) is 0 Å². The van der Waals surface area contributed by atoms with Gasteiger partial charge in [0.25, 0.3) is 0 Å². The number of nitrogens with one attached hydrogen (secondary N) is 1. The number of carbonyl (C=O) groups is 2. The third-order valence-electron chi connectivity index (χ3n) is 4.28. The summed E-state index contributed by atoms with van der Waals surface area (Å²) in [5.74, 6) is -1.76. The Morgan fingerprint density at radius 2 is 1.96 bits per heavy atom. The van der Waals surface area contributed by atoms with Crippen LogP contribution < -0.4 is 11.1 Å². The molecule has 3 rings (SSSR count). The number of primary amides is 1. The third-order valence-corrected chi connectivity index (χ3v) is 4.57. The Kier molecular flexibility index (Phi) is 3.93. The molecule has 4 N–H and O–H groups in total. The Bertz CT molecular complexity index is 828. The zero-order valence-electron chi connectivity index (χ0n) is 12.4. The number of carbonyl (C=O) groups excluding carboxylic acids is 1. The van der Waals surface area contributed by atoms with Crippen LogP contribution in [0.2, 0.25) is 5.02 Å². The summed E-state index contributed by atoms with van der Waals surface area (Å²) in [7, 11) is 0. The first-order valence-corrected chi connectivity index (χ1v) is 7.58. The summed E-state index contributed by atoms with van der Waals surface area (Å²) in [6, 6.07) is 9.90. The predicted octanol–water partition coefficient (Wildman–Crippen LogP) is 2.91. The van der Waals surface area contributed by atoms with Crippen molar-refractivity contribution in [3.63, 3.8) is 0 Å². The molecule has 7 heteroatoms. The Morgan fingerprint density at radius 1 is 1.29 bits per heavy atom. The van der Waals surface area contributed by atoms with Crippen molar-refractivity contribution in [1.82, 2.24) is 5.32 Å². The number of benzene rings is 2. The molecule has 2 atom stereocenters. The van der Waals surface area contributed by atoms with Crippen LogP contribution in [-0.4, -0.2) is 23.1 Å². The van der Waals surface area contributed by atoms with E-state index >= 15 is 0 Å². The van der Waals surface area contributed by atoms with Gasteiger partial charge < -0.3 is 16.2 Å². The van der Waals surface area contributed by atoms with Crippen molar-refractivity contribution in [3.8, 4) is 11.1 Å². The van der Waals surface area contributed by atoms with E-state index in [1.807, 2.05) is 0 Å². The van der Waals surface area contributed by atoms with Gasteiger partial charge in [0, 0.05) is 0 Å². The standard InChI is InChI=1S/C17H14ClFN2O3/c18-12-7-11(17(15(22)23)8-14(17)21-16(20)24)10(6-13(12)19)9-4-2-1-3-5-9/h1-7,14H,8H2,(H,22,23)(H3,20,21,24). The zero-order chi connectivity index (χ0) is 17.5. The summed E-state index contributed by atoms with van der Waals surface area (Å²) in [5.41, 5.74) is 5.17. The molecule has 124 valence electrons. The molecule has 0 aliphatic heterocycles. The molecule has 5 nitrogen and oxygen atoms in total. The maximum Gasteiger partial charge on any atom is 0.316 e. The van der Waals surface area contributed by atoms with Crippen LogP contribution in [0.15, 0.2) is 42.5 Å². The summed E-state index contributed by atoms with van der Waals surface area (Å²) >= 11 is 5.89. The number of hydrogen-bond donors (Lipinski definition) is 3. The number of nitrogens with two attached hydrogens (primary N) is 1. The largest absolute Gasteiger partial charge is 0.481 e.